The lowest BCUT2D eigenvalue weighted by molar-refractivity contribution is 0.0764. The lowest BCUT2D eigenvalue weighted by atomic mass is 10.1. The highest BCUT2D eigenvalue weighted by Gasteiger charge is 2.25. The summed E-state index contributed by atoms with van der Waals surface area (Å²) in [5.74, 6) is 2.22. The molecule has 1 atom stereocenters. The number of ether oxygens (including phenoxy) is 2. The van der Waals surface area contributed by atoms with Gasteiger partial charge in [-0.15, -0.1) is 0 Å². The van der Waals surface area contributed by atoms with Crippen LogP contribution in [-0.2, 0) is 7.05 Å². The molecular formula is C19H20N2O4S. The lowest BCUT2D eigenvalue weighted by Crippen LogP contribution is -2.37. The first kappa shape index (κ1) is 17.0. The Kier molecular flexibility index (Phi) is 4.63. The van der Waals surface area contributed by atoms with Crippen LogP contribution in [0.3, 0.4) is 0 Å². The molecule has 0 spiro atoms. The molecular weight excluding hydrogens is 352 g/mol. The van der Waals surface area contributed by atoms with Gasteiger partial charge >= 0.3 is 0 Å². The Bertz CT molecular complexity index is 895. The number of rotatable bonds is 2. The highest BCUT2D eigenvalue weighted by Crippen LogP contribution is 2.40. The maximum Gasteiger partial charge on any atom is 0.263 e. The Hall–Kier alpha value is -2.41. The number of thioether (sulfide) groups is 1. The lowest BCUT2D eigenvalue weighted by Gasteiger charge is -2.20. The standard InChI is InChI=1S/C19H20N2O4S/c1-20-7-2-3-14(18(20)22)19(23)21-8-6-17(26-10-9-21)13-4-5-15-16(11-13)25-12-24-15/h2-5,7,11,17H,6,8-10,12H2,1H3. The molecule has 3 heterocycles. The minimum absolute atomic E-state index is 0.182. The number of carbonyl (C=O) groups excluding carboxylic acids is 1. The van der Waals surface area contributed by atoms with Gasteiger partial charge in [0.1, 0.15) is 5.56 Å². The Morgan fingerprint density at radius 1 is 1.19 bits per heavy atom. The van der Waals surface area contributed by atoms with E-state index in [0.29, 0.717) is 18.3 Å². The molecule has 1 unspecified atom stereocenters. The summed E-state index contributed by atoms with van der Waals surface area (Å²) in [6.07, 6.45) is 2.50. The fourth-order valence-corrected chi connectivity index (χ4v) is 4.50. The van der Waals surface area contributed by atoms with Crippen LogP contribution in [0.5, 0.6) is 11.5 Å². The van der Waals surface area contributed by atoms with Gasteiger partial charge in [0.25, 0.3) is 11.5 Å². The van der Waals surface area contributed by atoms with Crippen LogP contribution in [0, 0.1) is 0 Å². The number of fused-ring (bicyclic) bond motifs is 1. The largest absolute Gasteiger partial charge is 0.454 e. The number of aromatic nitrogens is 1. The summed E-state index contributed by atoms with van der Waals surface area (Å²) in [5.41, 5.74) is 1.17. The first-order valence-corrected chi connectivity index (χ1v) is 9.64. The Balaban J connectivity index is 1.49. The number of carbonyl (C=O) groups is 1. The molecule has 1 aromatic heterocycles. The molecule has 2 aromatic rings. The normalized spacial score (nSPS) is 19.3. The number of nitrogens with zero attached hydrogens (tertiary/aromatic N) is 2. The van der Waals surface area contributed by atoms with E-state index in [2.05, 4.69) is 6.07 Å². The molecule has 4 rings (SSSR count). The summed E-state index contributed by atoms with van der Waals surface area (Å²) in [5, 5.41) is 0.293. The summed E-state index contributed by atoms with van der Waals surface area (Å²) in [6.45, 7) is 1.54. The average Bonchev–Trinajstić information content (AvgIpc) is 2.98. The molecule has 136 valence electrons. The van der Waals surface area contributed by atoms with Crippen molar-refractivity contribution >= 4 is 17.7 Å². The van der Waals surface area contributed by atoms with Gasteiger partial charge in [-0.05, 0) is 36.2 Å². The second-order valence-corrected chi connectivity index (χ2v) is 7.70. The second kappa shape index (κ2) is 7.07. The summed E-state index contributed by atoms with van der Waals surface area (Å²) >= 11 is 1.83. The van der Waals surface area contributed by atoms with Crippen molar-refractivity contribution < 1.29 is 14.3 Å². The van der Waals surface area contributed by atoms with E-state index >= 15 is 0 Å². The highest BCUT2D eigenvalue weighted by molar-refractivity contribution is 7.99. The number of benzene rings is 1. The molecule has 0 N–H and O–H groups in total. The van der Waals surface area contributed by atoms with Crippen LogP contribution in [0.2, 0.25) is 0 Å². The number of hydrogen-bond acceptors (Lipinski definition) is 5. The van der Waals surface area contributed by atoms with Gasteiger partial charge in [0.15, 0.2) is 11.5 Å². The molecule has 0 radical (unpaired) electrons. The first-order chi connectivity index (χ1) is 12.6. The zero-order valence-corrected chi connectivity index (χ0v) is 15.3. The van der Waals surface area contributed by atoms with E-state index in [4.69, 9.17) is 9.47 Å². The molecule has 1 aromatic carbocycles. The Morgan fingerprint density at radius 2 is 2.04 bits per heavy atom. The van der Waals surface area contributed by atoms with Crippen LogP contribution in [0.4, 0.5) is 0 Å². The number of pyridine rings is 1. The zero-order valence-electron chi connectivity index (χ0n) is 14.5. The van der Waals surface area contributed by atoms with Crippen molar-refractivity contribution in [1.29, 1.82) is 0 Å². The van der Waals surface area contributed by atoms with Gasteiger partial charge in [-0.2, -0.15) is 11.8 Å². The zero-order chi connectivity index (χ0) is 18.1. The smallest absolute Gasteiger partial charge is 0.263 e. The molecule has 1 amide bonds. The van der Waals surface area contributed by atoms with E-state index in [9.17, 15) is 9.59 Å². The van der Waals surface area contributed by atoms with Crippen molar-refractivity contribution in [1.82, 2.24) is 9.47 Å². The third-order valence-electron chi connectivity index (χ3n) is 4.75. The summed E-state index contributed by atoms with van der Waals surface area (Å²) in [7, 11) is 1.66. The summed E-state index contributed by atoms with van der Waals surface area (Å²) in [6, 6.07) is 9.38. The topological polar surface area (TPSA) is 60.8 Å². The van der Waals surface area contributed by atoms with Crippen molar-refractivity contribution in [3.05, 3.63) is 58.0 Å². The van der Waals surface area contributed by atoms with Crippen molar-refractivity contribution in [2.24, 2.45) is 7.05 Å². The van der Waals surface area contributed by atoms with Crippen LogP contribution >= 0.6 is 11.8 Å². The first-order valence-electron chi connectivity index (χ1n) is 8.59. The van der Waals surface area contributed by atoms with Gasteiger partial charge in [-0.25, -0.2) is 0 Å². The van der Waals surface area contributed by atoms with Crippen molar-refractivity contribution in [3.63, 3.8) is 0 Å². The van der Waals surface area contributed by atoms with E-state index in [0.717, 1.165) is 23.7 Å². The SMILES string of the molecule is Cn1cccc(C(=O)N2CCSC(c3ccc4c(c3)OCO4)CC2)c1=O. The second-order valence-electron chi connectivity index (χ2n) is 6.39. The Morgan fingerprint density at radius 3 is 2.92 bits per heavy atom. The molecule has 1 saturated heterocycles. The molecule has 26 heavy (non-hydrogen) atoms. The maximum absolute atomic E-state index is 12.8. The van der Waals surface area contributed by atoms with Gasteiger partial charge in [0, 0.05) is 37.3 Å². The van der Waals surface area contributed by atoms with E-state index in [1.807, 2.05) is 23.9 Å². The quantitative estimate of drug-likeness (QED) is 0.810. The van der Waals surface area contributed by atoms with Crippen molar-refractivity contribution in [2.75, 3.05) is 25.6 Å². The van der Waals surface area contributed by atoms with Gasteiger partial charge < -0.3 is 18.9 Å². The minimum Gasteiger partial charge on any atom is -0.454 e. The van der Waals surface area contributed by atoms with E-state index in [-0.39, 0.29) is 23.8 Å². The van der Waals surface area contributed by atoms with Crippen LogP contribution in [0.1, 0.15) is 27.6 Å². The molecule has 0 aliphatic carbocycles. The fourth-order valence-electron chi connectivity index (χ4n) is 3.28. The van der Waals surface area contributed by atoms with Gasteiger partial charge in [-0.1, -0.05) is 6.07 Å². The van der Waals surface area contributed by atoms with Crippen LogP contribution in [-0.4, -0.2) is 41.0 Å². The Labute approximate surface area is 155 Å². The monoisotopic (exact) mass is 372 g/mol. The molecule has 0 saturated carbocycles. The van der Waals surface area contributed by atoms with E-state index in [1.165, 1.54) is 10.1 Å². The summed E-state index contributed by atoms with van der Waals surface area (Å²) < 4.78 is 12.3. The van der Waals surface area contributed by atoms with Crippen molar-refractivity contribution in [2.45, 2.75) is 11.7 Å². The van der Waals surface area contributed by atoms with E-state index < -0.39 is 0 Å². The number of hydrogen-bond donors (Lipinski definition) is 0. The molecule has 0 bridgehead atoms. The minimum atomic E-state index is -0.248. The number of amides is 1. The molecule has 2 aliphatic rings. The third kappa shape index (κ3) is 3.19. The highest BCUT2D eigenvalue weighted by atomic mass is 32.2. The van der Waals surface area contributed by atoms with Crippen LogP contribution in [0.25, 0.3) is 0 Å². The third-order valence-corrected chi connectivity index (χ3v) is 6.08. The summed E-state index contributed by atoms with van der Waals surface area (Å²) in [4.78, 5) is 26.8. The molecule has 1 fully saturated rings. The average molecular weight is 372 g/mol. The van der Waals surface area contributed by atoms with E-state index in [1.54, 1.807) is 30.3 Å². The molecule has 6 nitrogen and oxygen atoms in total. The maximum atomic E-state index is 12.8. The van der Waals surface area contributed by atoms with Gasteiger partial charge in [0.05, 0.1) is 0 Å². The predicted octanol–water partition coefficient (Wildman–Crippen LogP) is 2.43. The van der Waals surface area contributed by atoms with Gasteiger partial charge in [-0.3, -0.25) is 9.59 Å². The van der Waals surface area contributed by atoms with Crippen LogP contribution in [0.15, 0.2) is 41.3 Å². The fraction of sp³-hybridized carbons (Fsp3) is 0.368. The molecule has 7 heteroatoms. The van der Waals surface area contributed by atoms with Gasteiger partial charge in [0.2, 0.25) is 6.79 Å². The number of aryl methyl sites for hydroxylation is 1. The van der Waals surface area contributed by atoms with Crippen molar-refractivity contribution in [3.8, 4) is 11.5 Å². The van der Waals surface area contributed by atoms with Crippen LogP contribution < -0.4 is 15.0 Å². The predicted molar refractivity (Wildman–Crippen MR) is 100.0 cm³/mol. The molecule has 2 aliphatic heterocycles.